The average molecular weight is 350 g/mol. The van der Waals surface area contributed by atoms with E-state index in [0.29, 0.717) is 21.5 Å². The number of para-hydroxylation sites is 2. The van der Waals surface area contributed by atoms with Gasteiger partial charge in [-0.25, -0.2) is 14.2 Å². The summed E-state index contributed by atoms with van der Waals surface area (Å²) >= 11 is 3.12. The molecule has 0 atom stereocenters. The fourth-order valence-electron chi connectivity index (χ4n) is 1.84. The molecule has 2 aromatic carbocycles. The fourth-order valence-corrected chi connectivity index (χ4v) is 2.35. The zero-order valence-electron chi connectivity index (χ0n) is 10.7. The fraction of sp³-hybridized carbons (Fsp3) is 0.0667. The van der Waals surface area contributed by atoms with Gasteiger partial charge in [-0.15, -0.1) is 0 Å². The number of rotatable bonds is 3. The minimum atomic E-state index is -0.580. The van der Waals surface area contributed by atoms with Gasteiger partial charge in [0.15, 0.2) is 12.2 Å². The van der Waals surface area contributed by atoms with Crippen LogP contribution in [0.5, 0.6) is 0 Å². The van der Waals surface area contributed by atoms with Crippen LogP contribution in [0.2, 0.25) is 0 Å². The van der Waals surface area contributed by atoms with Gasteiger partial charge in [0.05, 0.1) is 5.56 Å². The molecule has 3 rings (SSSR count). The number of fused-ring (bicyclic) bond motifs is 1. The van der Waals surface area contributed by atoms with E-state index in [9.17, 15) is 9.18 Å². The summed E-state index contributed by atoms with van der Waals surface area (Å²) in [6.45, 7) is -0.0860. The van der Waals surface area contributed by atoms with E-state index in [0.717, 1.165) is 0 Å². The third kappa shape index (κ3) is 2.95. The van der Waals surface area contributed by atoms with Crippen molar-refractivity contribution in [1.82, 2.24) is 4.98 Å². The predicted molar refractivity (Wildman–Crippen MR) is 77.2 cm³/mol. The SMILES string of the molecule is O=C(OCc1nc2ccccc2o1)c1ccc(F)cc1Br. The number of hydrogen-bond donors (Lipinski definition) is 0. The van der Waals surface area contributed by atoms with Crippen LogP contribution < -0.4 is 0 Å². The molecule has 0 saturated heterocycles. The van der Waals surface area contributed by atoms with Crippen molar-refractivity contribution in [1.29, 1.82) is 0 Å². The minimum absolute atomic E-state index is 0.0860. The number of esters is 1. The summed E-state index contributed by atoms with van der Waals surface area (Å²) in [6.07, 6.45) is 0. The van der Waals surface area contributed by atoms with Gasteiger partial charge < -0.3 is 9.15 Å². The first-order chi connectivity index (χ1) is 10.1. The van der Waals surface area contributed by atoms with Crippen molar-refractivity contribution < 1.29 is 18.3 Å². The highest BCUT2D eigenvalue weighted by molar-refractivity contribution is 9.10. The molecule has 3 aromatic rings. The minimum Gasteiger partial charge on any atom is -0.452 e. The molecule has 0 aliphatic rings. The first kappa shape index (κ1) is 13.8. The quantitative estimate of drug-likeness (QED) is 0.668. The Kier molecular flexibility index (Phi) is 3.70. The molecule has 0 amide bonds. The molecule has 21 heavy (non-hydrogen) atoms. The van der Waals surface area contributed by atoms with E-state index in [1.165, 1.54) is 18.2 Å². The Hall–Kier alpha value is -2.21. The molecule has 0 spiro atoms. The van der Waals surface area contributed by atoms with Crippen LogP contribution in [0.4, 0.5) is 4.39 Å². The van der Waals surface area contributed by atoms with E-state index in [1.807, 2.05) is 12.1 Å². The molecule has 0 unspecified atom stereocenters. The molecule has 106 valence electrons. The molecule has 0 fully saturated rings. The molecular weight excluding hydrogens is 341 g/mol. The summed E-state index contributed by atoms with van der Waals surface area (Å²) in [5.41, 5.74) is 1.57. The number of halogens is 2. The number of benzene rings is 2. The maximum atomic E-state index is 13.0. The topological polar surface area (TPSA) is 52.3 Å². The lowest BCUT2D eigenvalue weighted by molar-refractivity contribution is 0.0439. The largest absolute Gasteiger partial charge is 0.452 e. The second-order valence-electron chi connectivity index (χ2n) is 4.28. The standard InChI is InChI=1S/C15H9BrFNO3/c16-11-7-9(17)5-6-10(11)15(19)20-8-14-18-12-3-1-2-4-13(12)21-14/h1-7H,8H2. The van der Waals surface area contributed by atoms with E-state index in [-0.39, 0.29) is 12.2 Å². The lowest BCUT2D eigenvalue weighted by Crippen LogP contribution is -2.06. The first-order valence-corrected chi connectivity index (χ1v) is 6.89. The van der Waals surface area contributed by atoms with Gasteiger partial charge in [0, 0.05) is 4.47 Å². The number of oxazole rings is 1. The zero-order valence-corrected chi connectivity index (χ0v) is 12.3. The smallest absolute Gasteiger partial charge is 0.339 e. The van der Waals surface area contributed by atoms with Crippen LogP contribution in [0.3, 0.4) is 0 Å². The van der Waals surface area contributed by atoms with Crippen molar-refractivity contribution in [3.63, 3.8) is 0 Å². The van der Waals surface area contributed by atoms with Crippen LogP contribution in [-0.2, 0) is 11.3 Å². The van der Waals surface area contributed by atoms with Crippen LogP contribution in [0.25, 0.3) is 11.1 Å². The van der Waals surface area contributed by atoms with E-state index >= 15 is 0 Å². The number of hydrogen-bond acceptors (Lipinski definition) is 4. The van der Waals surface area contributed by atoms with Crippen molar-refractivity contribution >= 4 is 33.0 Å². The Morgan fingerprint density at radius 1 is 1.29 bits per heavy atom. The van der Waals surface area contributed by atoms with Crippen molar-refractivity contribution in [3.05, 3.63) is 64.2 Å². The molecule has 1 aromatic heterocycles. The number of nitrogens with zero attached hydrogens (tertiary/aromatic N) is 1. The summed E-state index contributed by atoms with van der Waals surface area (Å²) in [6, 6.07) is 11.0. The zero-order chi connectivity index (χ0) is 14.8. The molecule has 0 aliphatic heterocycles. The maximum absolute atomic E-state index is 13.0. The van der Waals surface area contributed by atoms with Crippen molar-refractivity contribution in [2.75, 3.05) is 0 Å². The Morgan fingerprint density at radius 2 is 2.10 bits per heavy atom. The van der Waals surface area contributed by atoms with Crippen molar-refractivity contribution in [2.24, 2.45) is 0 Å². The number of ether oxygens (including phenoxy) is 1. The molecule has 0 aliphatic carbocycles. The average Bonchev–Trinajstić information content (AvgIpc) is 2.87. The molecule has 0 saturated carbocycles. The molecule has 6 heteroatoms. The monoisotopic (exact) mass is 349 g/mol. The van der Waals surface area contributed by atoms with E-state index in [1.54, 1.807) is 12.1 Å². The van der Waals surface area contributed by atoms with E-state index in [2.05, 4.69) is 20.9 Å². The van der Waals surface area contributed by atoms with Gasteiger partial charge in [0.2, 0.25) is 5.89 Å². The third-order valence-corrected chi connectivity index (χ3v) is 3.47. The number of carbonyl (C=O) groups excluding carboxylic acids is 1. The van der Waals surface area contributed by atoms with Crippen molar-refractivity contribution in [2.45, 2.75) is 6.61 Å². The highest BCUT2D eigenvalue weighted by Gasteiger charge is 2.14. The van der Waals surface area contributed by atoms with Crippen LogP contribution >= 0.6 is 15.9 Å². The molecule has 0 N–H and O–H groups in total. The highest BCUT2D eigenvalue weighted by atomic mass is 79.9. The van der Waals surface area contributed by atoms with Gasteiger partial charge in [0.1, 0.15) is 11.3 Å². The van der Waals surface area contributed by atoms with Crippen LogP contribution in [0, 0.1) is 5.82 Å². The highest BCUT2D eigenvalue weighted by Crippen LogP contribution is 2.20. The molecule has 0 radical (unpaired) electrons. The second-order valence-corrected chi connectivity index (χ2v) is 5.13. The van der Waals surface area contributed by atoms with Gasteiger partial charge >= 0.3 is 5.97 Å². The normalized spacial score (nSPS) is 10.8. The van der Waals surface area contributed by atoms with Crippen LogP contribution in [0.15, 0.2) is 51.4 Å². The summed E-state index contributed by atoms with van der Waals surface area (Å²) < 4.78 is 23.9. The Morgan fingerprint density at radius 3 is 2.86 bits per heavy atom. The predicted octanol–water partition coefficient (Wildman–Crippen LogP) is 4.09. The molecule has 4 nitrogen and oxygen atoms in total. The van der Waals surface area contributed by atoms with Crippen LogP contribution in [0.1, 0.15) is 16.2 Å². The Labute approximate surface area is 127 Å². The molecule has 1 heterocycles. The first-order valence-electron chi connectivity index (χ1n) is 6.10. The molecular formula is C15H9BrFNO3. The van der Waals surface area contributed by atoms with E-state index < -0.39 is 11.8 Å². The van der Waals surface area contributed by atoms with E-state index in [4.69, 9.17) is 9.15 Å². The maximum Gasteiger partial charge on any atom is 0.339 e. The lowest BCUT2D eigenvalue weighted by atomic mass is 10.2. The van der Waals surface area contributed by atoms with Crippen molar-refractivity contribution in [3.8, 4) is 0 Å². The third-order valence-electron chi connectivity index (χ3n) is 2.82. The Bertz CT molecular complexity index is 783. The summed E-state index contributed by atoms with van der Waals surface area (Å²) in [5, 5.41) is 0. The summed E-state index contributed by atoms with van der Waals surface area (Å²) in [7, 11) is 0. The number of aromatic nitrogens is 1. The van der Waals surface area contributed by atoms with Gasteiger partial charge in [-0.3, -0.25) is 0 Å². The molecule has 0 bridgehead atoms. The summed E-state index contributed by atoms with van der Waals surface area (Å²) in [4.78, 5) is 16.1. The summed E-state index contributed by atoms with van der Waals surface area (Å²) in [5.74, 6) is -0.704. The lowest BCUT2D eigenvalue weighted by Gasteiger charge is -2.04. The second kappa shape index (κ2) is 5.65. The van der Waals surface area contributed by atoms with Gasteiger partial charge in [0.25, 0.3) is 0 Å². The van der Waals surface area contributed by atoms with Crippen LogP contribution in [-0.4, -0.2) is 11.0 Å². The Balaban J connectivity index is 1.73. The number of carbonyl (C=O) groups is 1. The van der Waals surface area contributed by atoms with Gasteiger partial charge in [-0.05, 0) is 46.3 Å². The van der Waals surface area contributed by atoms with Gasteiger partial charge in [-0.2, -0.15) is 0 Å². The van der Waals surface area contributed by atoms with Gasteiger partial charge in [-0.1, -0.05) is 12.1 Å².